The second kappa shape index (κ2) is 6.59. The van der Waals surface area contributed by atoms with Crippen molar-refractivity contribution < 1.29 is 0 Å². The van der Waals surface area contributed by atoms with Gasteiger partial charge in [-0.05, 0) is 49.0 Å². The maximum atomic E-state index is 2.53. The second-order valence-corrected chi connectivity index (χ2v) is 6.78. The van der Waals surface area contributed by atoms with Crippen LogP contribution in [0, 0.1) is 23.7 Å². The van der Waals surface area contributed by atoms with Crippen molar-refractivity contribution in [3.05, 3.63) is 35.5 Å². The van der Waals surface area contributed by atoms with Crippen LogP contribution in [-0.4, -0.2) is 0 Å². The Morgan fingerprint density at radius 1 is 1.16 bits per heavy atom. The van der Waals surface area contributed by atoms with Crippen molar-refractivity contribution >= 4 is 0 Å². The first-order valence-corrected chi connectivity index (χ1v) is 8.19. The summed E-state index contributed by atoms with van der Waals surface area (Å²) in [6.07, 6.45) is 16.7. The Bertz CT molecular complexity index is 373. The van der Waals surface area contributed by atoms with Gasteiger partial charge in [-0.2, -0.15) is 0 Å². The number of allylic oxidation sites excluding steroid dienone is 6. The average molecular weight is 258 g/mol. The summed E-state index contributed by atoms with van der Waals surface area (Å²) in [5.74, 6) is 3.19. The summed E-state index contributed by atoms with van der Waals surface area (Å²) < 4.78 is 0. The van der Waals surface area contributed by atoms with E-state index in [1.165, 1.54) is 43.3 Å². The molecule has 2 rings (SSSR count). The standard InChI is InChI=1S/C19H30/c1-5-16-9-11-17(12-10-16)18-7-6-8-19(14(2)3)15(4)13-18/h6-8,13-14,16-18H,5,9-12H2,1-4H3. The highest BCUT2D eigenvalue weighted by molar-refractivity contribution is 5.37. The molecule has 19 heavy (non-hydrogen) atoms. The summed E-state index contributed by atoms with van der Waals surface area (Å²) >= 11 is 0. The predicted octanol–water partition coefficient (Wildman–Crippen LogP) is 5.92. The van der Waals surface area contributed by atoms with Crippen LogP contribution in [0.1, 0.15) is 59.8 Å². The quantitative estimate of drug-likeness (QED) is 0.589. The van der Waals surface area contributed by atoms with Crippen molar-refractivity contribution in [2.24, 2.45) is 23.7 Å². The molecule has 0 aromatic heterocycles. The zero-order valence-corrected chi connectivity index (χ0v) is 13.2. The van der Waals surface area contributed by atoms with Crippen LogP contribution in [0.15, 0.2) is 35.5 Å². The van der Waals surface area contributed by atoms with Gasteiger partial charge in [-0.1, -0.05) is 69.9 Å². The summed E-state index contributed by atoms with van der Waals surface area (Å²) in [5.41, 5.74) is 3.02. The largest absolute Gasteiger partial charge is 0.0773 e. The lowest BCUT2D eigenvalue weighted by molar-refractivity contribution is 0.245. The molecule has 0 spiro atoms. The fourth-order valence-corrected chi connectivity index (χ4v) is 3.78. The molecule has 1 saturated carbocycles. The maximum absolute atomic E-state index is 2.53. The molecule has 0 aromatic carbocycles. The molecule has 2 aliphatic carbocycles. The lowest BCUT2D eigenvalue weighted by atomic mass is 9.74. The Hall–Kier alpha value is -0.780. The Balaban J connectivity index is 2.04. The van der Waals surface area contributed by atoms with E-state index in [0.717, 1.165) is 11.8 Å². The molecule has 106 valence electrons. The van der Waals surface area contributed by atoms with Gasteiger partial charge in [-0.15, -0.1) is 0 Å². The van der Waals surface area contributed by atoms with E-state index in [1.807, 2.05) is 0 Å². The number of hydrogen-bond acceptors (Lipinski definition) is 0. The molecule has 0 aliphatic heterocycles. The smallest absolute Gasteiger partial charge is 0.00163 e. The van der Waals surface area contributed by atoms with Crippen molar-refractivity contribution in [3.8, 4) is 0 Å². The van der Waals surface area contributed by atoms with Crippen LogP contribution in [0.2, 0.25) is 0 Å². The SMILES string of the molecule is CCC1CCC(C2C=CC=C(C(C)C)C(C)=C2)CC1. The molecule has 0 heteroatoms. The van der Waals surface area contributed by atoms with E-state index in [2.05, 4.69) is 52.0 Å². The van der Waals surface area contributed by atoms with Gasteiger partial charge in [-0.3, -0.25) is 0 Å². The lowest BCUT2D eigenvalue weighted by Crippen LogP contribution is -2.19. The van der Waals surface area contributed by atoms with Crippen molar-refractivity contribution in [2.45, 2.75) is 59.8 Å². The van der Waals surface area contributed by atoms with Gasteiger partial charge in [0.05, 0.1) is 0 Å². The third-order valence-electron chi connectivity index (χ3n) is 5.14. The van der Waals surface area contributed by atoms with E-state index in [4.69, 9.17) is 0 Å². The van der Waals surface area contributed by atoms with Crippen LogP contribution >= 0.6 is 0 Å². The Labute approximate surface area is 119 Å². The van der Waals surface area contributed by atoms with Gasteiger partial charge in [0.1, 0.15) is 0 Å². The molecule has 0 nitrogen and oxygen atoms in total. The molecule has 1 fully saturated rings. The zero-order chi connectivity index (χ0) is 13.8. The van der Waals surface area contributed by atoms with E-state index in [0.29, 0.717) is 11.8 Å². The monoisotopic (exact) mass is 258 g/mol. The molecular formula is C19H30. The van der Waals surface area contributed by atoms with Crippen molar-refractivity contribution in [3.63, 3.8) is 0 Å². The van der Waals surface area contributed by atoms with Crippen molar-refractivity contribution in [1.29, 1.82) is 0 Å². The Kier molecular flexibility index (Phi) is 5.07. The van der Waals surface area contributed by atoms with Crippen molar-refractivity contribution in [2.75, 3.05) is 0 Å². The summed E-state index contributed by atoms with van der Waals surface area (Å²) in [6, 6.07) is 0. The summed E-state index contributed by atoms with van der Waals surface area (Å²) in [6.45, 7) is 9.23. The first-order chi connectivity index (χ1) is 9.11. The first-order valence-electron chi connectivity index (χ1n) is 8.19. The molecular weight excluding hydrogens is 228 g/mol. The van der Waals surface area contributed by atoms with Crippen LogP contribution in [0.5, 0.6) is 0 Å². The highest BCUT2D eigenvalue weighted by Gasteiger charge is 2.25. The van der Waals surface area contributed by atoms with Crippen LogP contribution in [0.3, 0.4) is 0 Å². The van der Waals surface area contributed by atoms with Crippen LogP contribution in [0.4, 0.5) is 0 Å². The molecule has 0 heterocycles. The zero-order valence-electron chi connectivity index (χ0n) is 13.2. The van der Waals surface area contributed by atoms with E-state index in [-0.39, 0.29) is 0 Å². The number of hydrogen-bond donors (Lipinski definition) is 0. The molecule has 1 atom stereocenters. The van der Waals surface area contributed by atoms with Gasteiger partial charge in [0.25, 0.3) is 0 Å². The Morgan fingerprint density at radius 2 is 1.84 bits per heavy atom. The van der Waals surface area contributed by atoms with Crippen LogP contribution in [0.25, 0.3) is 0 Å². The topological polar surface area (TPSA) is 0 Å². The molecule has 2 aliphatic rings. The molecule has 0 N–H and O–H groups in total. The summed E-state index contributed by atoms with van der Waals surface area (Å²) in [4.78, 5) is 0. The normalized spacial score (nSPS) is 31.9. The summed E-state index contributed by atoms with van der Waals surface area (Å²) in [5, 5.41) is 0. The van der Waals surface area contributed by atoms with Crippen LogP contribution < -0.4 is 0 Å². The van der Waals surface area contributed by atoms with E-state index < -0.39 is 0 Å². The number of rotatable bonds is 3. The molecule has 0 radical (unpaired) electrons. The van der Waals surface area contributed by atoms with Gasteiger partial charge in [0.2, 0.25) is 0 Å². The third kappa shape index (κ3) is 3.61. The van der Waals surface area contributed by atoms with Gasteiger partial charge in [0, 0.05) is 0 Å². The highest BCUT2D eigenvalue weighted by atomic mass is 14.3. The maximum Gasteiger partial charge on any atom is -0.00163 e. The fourth-order valence-electron chi connectivity index (χ4n) is 3.78. The molecule has 0 saturated heterocycles. The van der Waals surface area contributed by atoms with Gasteiger partial charge < -0.3 is 0 Å². The van der Waals surface area contributed by atoms with Gasteiger partial charge in [-0.25, -0.2) is 0 Å². The van der Waals surface area contributed by atoms with E-state index in [1.54, 1.807) is 0 Å². The highest BCUT2D eigenvalue weighted by Crippen LogP contribution is 2.37. The average Bonchev–Trinajstić information content (AvgIpc) is 2.60. The van der Waals surface area contributed by atoms with Crippen molar-refractivity contribution in [1.82, 2.24) is 0 Å². The molecule has 1 unspecified atom stereocenters. The minimum absolute atomic E-state index is 0.635. The fraction of sp³-hybridized carbons (Fsp3) is 0.684. The second-order valence-electron chi connectivity index (χ2n) is 6.78. The van der Waals surface area contributed by atoms with Gasteiger partial charge >= 0.3 is 0 Å². The first kappa shape index (κ1) is 14.6. The Morgan fingerprint density at radius 3 is 2.42 bits per heavy atom. The minimum Gasteiger partial charge on any atom is -0.0773 e. The molecule has 0 amide bonds. The predicted molar refractivity (Wildman–Crippen MR) is 85.0 cm³/mol. The van der Waals surface area contributed by atoms with E-state index in [9.17, 15) is 0 Å². The van der Waals surface area contributed by atoms with Crippen LogP contribution in [-0.2, 0) is 0 Å². The molecule has 0 bridgehead atoms. The minimum atomic E-state index is 0.635. The lowest BCUT2D eigenvalue weighted by Gasteiger charge is -2.31. The van der Waals surface area contributed by atoms with Gasteiger partial charge in [0.15, 0.2) is 0 Å². The summed E-state index contributed by atoms with van der Waals surface area (Å²) in [7, 11) is 0. The van der Waals surface area contributed by atoms with E-state index >= 15 is 0 Å². The third-order valence-corrected chi connectivity index (χ3v) is 5.14. The molecule has 0 aromatic rings.